The van der Waals surface area contributed by atoms with Crippen molar-refractivity contribution in [1.82, 2.24) is 16.0 Å². The smallest absolute Gasteiger partial charge is 0.407 e. The van der Waals surface area contributed by atoms with Gasteiger partial charge in [-0.25, -0.2) is 4.79 Å². The fraction of sp³-hybridized carbons (Fsp3) is 0.857. The van der Waals surface area contributed by atoms with E-state index in [-0.39, 0.29) is 17.9 Å². The maximum absolute atomic E-state index is 12.9. The molecule has 0 saturated carbocycles. The number of hydrogen-bond donors (Lipinski definition) is 6. The van der Waals surface area contributed by atoms with Gasteiger partial charge in [0, 0.05) is 26.2 Å². The quantitative estimate of drug-likeness (QED) is 0.0889. The van der Waals surface area contributed by atoms with Crippen molar-refractivity contribution in [3.05, 3.63) is 0 Å². The molecule has 0 aliphatic rings. The van der Waals surface area contributed by atoms with Crippen molar-refractivity contribution in [2.24, 2.45) is 16.5 Å². The largest absolute Gasteiger partial charge is 0.444 e. The van der Waals surface area contributed by atoms with Crippen molar-refractivity contribution in [3.63, 3.8) is 0 Å². The number of ether oxygens (including phenoxy) is 2. The number of unbranched alkanes of at least 4 members (excludes halogenated alkanes) is 1. The topological polar surface area (TPSA) is 173 Å². The highest BCUT2D eigenvalue weighted by Gasteiger charge is 2.25. The number of aliphatic hydroxyl groups is 1. The first kappa shape index (κ1) is 29.9. The number of methoxy groups -OCH3 is 1. The number of amides is 2. The summed E-state index contributed by atoms with van der Waals surface area (Å²) in [5, 5.41) is 19.0. The SMILES string of the molecule is COC(O)C(CCCN=C(N)N)NC(=O)C(CCCCNC(=O)OC(C)(C)C)NC(C)C. The monoisotopic (exact) mass is 460 g/mol. The summed E-state index contributed by atoms with van der Waals surface area (Å²) in [7, 11) is 1.38. The van der Waals surface area contributed by atoms with E-state index in [0.717, 1.165) is 6.42 Å². The summed E-state index contributed by atoms with van der Waals surface area (Å²) in [4.78, 5) is 28.5. The van der Waals surface area contributed by atoms with E-state index < -0.39 is 30.1 Å². The number of alkyl carbamates (subject to hydrolysis) is 1. The van der Waals surface area contributed by atoms with Crippen LogP contribution in [0.5, 0.6) is 0 Å². The lowest BCUT2D eigenvalue weighted by Crippen LogP contribution is -2.53. The van der Waals surface area contributed by atoms with Crippen LogP contribution in [-0.2, 0) is 14.3 Å². The van der Waals surface area contributed by atoms with Crippen molar-refractivity contribution in [1.29, 1.82) is 0 Å². The number of hydrogen-bond acceptors (Lipinski definition) is 7. The number of nitrogens with two attached hydrogens (primary N) is 2. The number of carbonyl (C=O) groups is 2. The molecule has 0 radical (unpaired) electrons. The highest BCUT2D eigenvalue weighted by Crippen LogP contribution is 2.09. The maximum atomic E-state index is 12.9. The molecule has 11 nitrogen and oxygen atoms in total. The van der Waals surface area contributed by atoms with E-state index in [1.807, 2.05) is 34.6 Å². The van der Waals surface area contributed by atoms with Crippen LogP contribution in [-0.4, -0.2) is 73.3 Å². The number of aliphatic hydroxyl groups excluding tert-OH is 1. The molecule has 0 aliphatic carbocycles. The number of carbonyl (C=O) groups excluding carboxylic acids is 2. The average Bonchev–Trinajstić information content (AvgIpc) is 2.66. The van der Waals surface area contributed by atoms with Gasteiger partial charge in [0.15, 0.2) is 12.2 Å². The lowest BCUT2D eigenvalue weighted by Gasteiger charge is -2.27. The van der Waals surface area contributed by atoms with Crippen LogP contribution in [0.25, 0.3) is 0 Å². The van der Waals surface area contributed by atoms with Gasteiger partial charge in [0.1, 0.15) is 5.60 Å². The van der Waals surface area contributed by atoms with Gasteiger partial charge in [-0.3, -0.25) is 9.79 Å². The summed E-state index contributed by atoms with van der Waals surface area (Å²) in [5.41, 5.74) is 10.1. The third-order valence-corrected chi connectivity index (χ3v) is 4.32. The van der Waals surface area contributed by atoms with E-state index in [4.69, 9.17) is 20.9 Å². The Balaban J connectivity index is 4.68. The van der Waals surface area contributed by atoms with Gasteiger partial charge in [0.25, 0.3) is 0 Å². The zero-order valence-electron chi connectivity index (χ0n) is 20.4. The molecule has 3 unspecified atom stereocenters. The molecule has 0 aromatic heterocycles. The van der Waals surface area contributed by atoms with Crippen molar-refractivity contribution < 1.29 is 24.2 Å². The van der Waals surface area contributed by atoms with Crippen LogP contribution in [0, 0.1) is 0 Å². The molecule has 0 bridgehead atoms. The maximum Gasteiger partial charge on any atom is 0.407 e. The Labute approximate surface area is 192 Å². The van der Waals surface area contributed by atoms with Crippen LogP contribution < -0.4 is 27.4 Å². The van der Waals surface area contributed by atoms with E-state index in [1.165, 1.54) is 7.11 Å². The minimum absolute atomic E-state index is 0.000214. The van der Waals surface area contributed by atoms with Gasteiger partial charge < -0.3 is 42.0 Å². The van der Waals surface area contributed by atoms with Gasteiger partial charge in [-0.05, 0) is 52.9 Å². The summed E-state index contributed by atoms with van der Waals surface area (Å²) < 4.78 is 10.2. The third-order valence-electron chi connectivity index (χ3n) is 4.32. The van der Waals surface area contributed by atoms with E-state index >= 15 is 0 Å². The van der Waals surface area contributed by atoms with Crippen molar-refractivity contribution in [2.45, 2.75) is 96.7 Å². The molecule has 0 heterocycles. The Morgan fingerprint density at radius 2 is 1.75 bits per heavy atom. The molecule has 3 atom stereocenters. The van der Waals surface area contributed by atoms with Crippen LogP contribution in [0.2, 0.25) is 0 Å². The lowest BCUT2D eigenvalue weighted by molar-refractivity contribution is -0.132. The Morgan fingerprint density at radius 1 is 1.09 bits per heavy atom. The number of rotatable bonds is 15. The molecule has 0 fully saturated rings. The van der Waals surface area contributed by atoms with Crippen LogP contribution in [0.15, 0.2) is 4.99 Å². The summed E-state index contributed by atoms with van der Waals surface area (Å²) >= 11 is 0. The Kier molecular flexibility index (Phi) is 14.6. The van der Waals surface area contributed by atoms with Gasteiger partial charge in [0.2, 0.25) is 5.91 Å². The van der Waals surface area contributed by atoms with Gasteiger partial charge in [-0.1, -0.05) is 13.8 Å². The molecule has 8 N–H and O–H groups in total. The first-order chi connectivity index (χ1) is 14.9. The average molecular weight is 461 g/mol. The summed E-state index contributed by atoms with van der Waals surface area (Å²) in [5.74, 6) is -0.220. The van der Waals surface area contributed by atoms with Gasteiger partial charge in [-0.2, -0.15) is 0 Å². The highest BCUT2D eigenvalue weighted by atomic mass is 16.6. The predicted molar refractivity (Wildman–Crippen MR) is 125 cm³/mol. The van der Waals surface area contributed by atoms with Crippen LogP contribution in [0.4, 0.5) is 4.79 Å². The Bertz CT molecular complexity index is 576. The summed E-state index contributed by atoms with van der Waals surface area (Å²) in [6.07, 6.45) is 1.42. The molecular formula is C21H44N6O5. The molecule has 0 spiro atoms. The number of aliphatic imine (C=N–C) groups is 1. The minimum atomic E-state index is -1.14. The second kappa shape index (κ2) is 15.7. The van der Waals surface area contributed by atoms with Crippen LogP contribution >= 0.6 is 0 Å². The minimum Gasteiger partial charge on any atom is -0.444 e. The van der Waals surface area contributed by atoms with Gasteiger partial charge in [0.05, 0.1) is 12.1 Å². The van der Waals surface area contributed by atoms with E-state index in [9.17, 15) is 14.7 Å². The first-order valence-corrected chi connectivity index (χ1v) is 11.1. The van der Waals surface area contributed by atoms with Crippen molar-refractivity contribution >= 4 is 18.0 Å². The van der Waals surface area contributed by atoms with Gasteiger partial charge in [-0.15, -0.1) is 0 Å². The number of nitrogens with one attached hydrogen (secondary N) is 3. The normalized spacial score (nSPS) is 14.4. The lowest BCUT2D eigenvalue weighted by atomic mass is 10.1. The van der Waals surface area contributed by atoms with Crippen molar-refractivity contribution in [2.75, 3.05) is 20.2 Å². The third kappa shape index (κ3) is 15.7. The molecule has 32 heavy (non-hydrogen) atoms. The van der Waals surface area contributed by atoms with E-state index in [1.54, 1.807) is 0 Å². The standard InChI is InChI=1S/C21H44N6O5/c1-14(2)26-15(10-7-8-12-25-20(30)32-21(3,4)5)17(28)27-16(18(29)31-6)11-9-13-24-19(22)23/h14-16,18,26,29H,7-13H2,1-6H3,(H,25,30)(H,27,28)(H4,22,23,24). The molecular weight excluding hydrogens is 416 g/mol. The van der Waals surface area contributed by atoms with E-state index in [0.29, 0.717) is 38.8 Å². The van der Waals surface area contributed by atoms with Crippen molar-refractivity contribution in [3.8, 4) is 0 Å². The fourth-order valence-electron chi connectivity index (χ4n) is 2.92. The molecule has 0 rings (SSSR count). The second-order valence-electron chi connectivity index (χ2n) is 8.99. The Hall–Kier alpha value is -2.11. The molecule has 0 saturated heterocycles. The zero-order valence-corrected chi connectivity index (χ0v) is 20.4. The summed E-state index contributed by atoms with van der Waals surface area (Å²) in [6, 6.07) is -0.939. The molecule has 0 aromatic carbocycles. The summed E-state index contributed by atoms with van der Waals surface area (Å²) in [6.45, 7) is 10.2. The first-order valence-electron chi connectivity index (χ1n) is 11.1. The van der Waals surface area contributed by atoms with Crippen LogP contribution in [0.3, 0.4) is 0 Å². The van der Waals surface area contributed by atoms with Crippen LogP contribution in [0.1, 0.15) is 66.7 Å². The molecule has 11 heteroatoms. The molecule has 0 aliphatic heterocycles. The zero-order chi connectivity index (χ0) is 24.7. The highest BCUT2D eigenvalue weighted by molar-refractivity contribution is 5.82. The molecule has 0 aromatic rings. The molecule has 2 amide bonds. The number of guanidine groups is 1. The Morgan fingerprint density at radius 3 is 2.28 bits per heavy atom. The van der Waals surface area contributed by atoms with E-state index in [2.05, 4.69) is 20.9 Å². The van der Waals surface area contributed by atoms with Gasteiger partial charge >= 0.3 is 6.09 Å². The number of nitrogens with zero attached hydrogens (tertiary/aromatic N) is 1. The predicted octanol–water partition coefficient (Wildman–Crippen LogP) is 0.551. The second-order valence-corrected chi connectivity index (χ2v) is 8.99. The molecule has 188 valence electrons. The fourth-order valence-corrected chi connectivity index (χ4v) is 2.92.